The summed E-state index contributed by atoms with van der Waals surface area (Å²) in [5.41, 5.74) is 0.337. The van der Waals surface area contributed by atoms with Crippen LogP contribution in [0.5, 0.6) is 0 Å². The van der Waals surface area contributed by atoms with E-state index in [2.05, 4.69) is 0 Å². The summed E-state index contributed by atoms with van der Waals surface area (Å²) in [6.07, 6.45) is 2.43. The van der Waals surface area contributed by atoms with E-state index in [1.54, 1.807) is 12.1 Å². The van der Waals surface area contributed by atoms with Gasteiger partial charge in [-0.15, -0.1) is 0 Å². The Kier molecular flexibility index (Phi) is 4.76. The average Bonchev–Trinajstić information content (AvgIpc) is 3.27. The van der Waals surface area contributed by atoms with Crippen molar-refractivity contribution in [3.8, 4) is 6.07 Å². The zero-order valence-corrected chi connectivity index (χ0v) is 12.3. The van der Waals surface area contributed by atoms with E-state index in [9.17, 15) is 8.42 Å². The molecule has 20 heavy (non-hydrogen) atoms. The monoisotopic (exact) mass is 294 g/mol. The van der Waals surface area contributed by atoms with E-state index in [4.69, 9.17) is 10.00 Å². The molecule has 0 saturated heterocycles. The first-order valence-corrected chi connectivity index (χ1v) is 8.02. The smallest absolute Gasteiger partial charge is 0.242 e. The van der Waals surface area contributed by atoms with Crippen LogP contribution in [-0.4, -0.2) is 39.5 Å². The van der Waals surface area contributed by atoms with Crippen molar-refractivity contribution in [3.63, 3.8) is 0 Å². The highest BCUT2D eigenvalue weighted by Gasteiger charge is 2.23. The predicted molar refractivity (Wildman–Crippen MR) is 74.5 cm³/mol. The van der Waals surface area contributed by atoms with Crippen molar-refractivity contribution in [1.82, 2.24) is 4.31 Å². The maximum absolute atomic E-state index is 12.3. The number of hydrogen-bond acceptors (Lipinski definition) is 4. The maximum Gasteiger partial charge on any atom is 0.242 e. The molecule has 6 heteroatoms. The van der Waals surface area contributed by atoms with Gasteiger partial charge in [0.25, 0.3) is 0 Å². The second-order valence-corrected chi connectivity index (χ2v) is 7.03. The highest BCUT2D eigenvalue weighted by molar-refractivity contribution is 7.89. The molecule has 0 bridgehead atoms. The van der Waals surface area contributed by atoms with Gasteiger partial charge in [-0.1, -0.05) is 6.07 Å². The van der Waals surface area contributed by atoms with E-state index in [1.165, 1.54) is 36.3 Å². The van der Waals surface area contributed by atoms with E-state index < -0.39 is 10.0 Å². The van der Waals surface area contributed by atoms with Gasteiger partial charge >= 0.3 is 0 Å². The van der Waals surface area contributed by atoms with Crippen LogP contribution >= 0.6 is 0 Å². The fraction of sp³-hybridized carbons (Fsp3) is 0.500. The molecular weight excluding hydrogens is 276 g/mol. The molecule has 5 nitrogen and oxygen atoms in total. The minimum Gasteiger partial charge on any atom is -0.380 e. The Bertz CT molecular complexity index is 603. The zero-order valence-electron chi connectivity index (χ0n) is 11.4. The molecular formula is C14H18N2O3S. The van der Waals surface area contributed by atoms with Gasteiger partial charge in [0.2, 0.25) is 10.0 Å². The summed E-state index contributed by atoms with van der Waals surface area (Å²) in [6.45, 7) is 1.42. The molecule has 0 atom stereocenters. The number of likely N-dealkylation sites (N-methyl/N-ethyl adjacent to an activating group) is 1. The molecule has 1 fully saturated rings. The van der Waals surface area contributed by atoms with Crippen LogP contribution in [0.2, 0.25) is 0 Å². The van der Waals surface area contributed by atoms with Crippen molar-refractivity contribution in [2.24, 2.45) is 5.92 Å². The van der Waals surface area contributed by atoms with Crippen LogP contribution < -0.4 is 0 Å². The lowest BCUT2D eigenvalue weighted by Gasteiger charge is -2.17. The molecule has 0 radical (unpaired) electrons. The minimum absolute atomic E-state index is 0.140. The Morgan fingerprint density at radius 1 is 1.45 bits per heavy atom. The van der Waals surface area contributed by atoms with Gasteiger partial charge in [-0.25, -0.2) is 8.42 Å². The number of hydrogen-bond donors (Lipinski definition) is 0. The normalized spacial score (nSPS) is 15.2. The quantitative estimate of drug-likeness (QED) is 0.716. The molecule has 0 spiro atoms. The minimum atomic E-state index is -3.55. The summed E-state index contributed by atoms with van der Waals surface area (Å²) in [4.78, 5) is 0.140. The standard InChI is InChI=1S/C14H18N2O3S/c1-16(7-8-19-11-12-5-6-12)20(17,18)14-4-2-3-13(9-14)10-15/h2-4,9,12H,5-8,11H2,1H3. The highest BCUT2D eigenvalue weighted by Crippen LogP contribution is 2.28. The molecule has 2 rings (SSSR count). The molecule has 1 aliphatic carbocycles. The Hall–Kier alpha value is -1.42. The lowest BCUT2D eigenvalue weighted by molar-refractivity contribution is 0.117. The first kappa shape index (κ1) is 15.0. The number of nitriles is 1. The van der Waals surface area contributed by atoms with Gasteiger partial charge in [-0.05, 0) is 37.0 Å². The van der Waals surface area contributed by atoms with E-state index >= 15 is 0 Å². The number of benzene rings is 1. The summed E-state index contributed by atoms with van der Waals surface area (Å²) >= 11 is 0. The Morgan fingerprint density at radius 2 is 2.20 bits per heavy atom. The van der Waals surface area contributed by atoms with Gasteiger partial charge in [0.15, 0.2) is 0 Å². The van der Waals surface area contributed by atoms with Crippen molar-refractivity contribution >= 4 is 10.0 Å². The SMILES string of the molecule is CN(CCOCC1CC1)S(=O)(=O)c1cccc(C#N)c1. The number of sulfonamides is 1. The van der Waals surface area contributed by atoms with Crippen LogP contribution in [0.15, 0.2) is 29.2 Å². The third-order valence-corrected chi connectivity index (χ3v) is 5.13. The second-order valence-electron chi connectivity index (χ2n) is 4.98. The lowest BCUT2D eigenvalue weighted by Crippen LogP contribution is -2.30. The van der Waals surface area contributed by atoms with Crippen LogP contribution in [0.1, 0.15) is 18.4 Å². The van der Waals surface area contributed by atoms with Gasteiger partial charge in [0.1, 0.15) is 0 Å². The third kappa shape index (κ3) is 3.79. The Balaban J connectivity index is 1.94. The number of ether oxygens (including phenoxy) is 1. The van der Waals surface area contributed by atoms with Crippen LogP contribution in [0.25, 0.3) is 0 Å². The van der Waals surface area contributed by atoms with Crippen molar-refractivity contribution in [1.29, 1.82) is 5.26 Å². The van der Waals surface area contributed by atoms with Gasteiger partial charge in [-0.3, -0.25) is 0 Å². The molecule has 1 aromatic rings. The van der Waals surface area contributed by atoms with Crippen LogP contribution in [0.4, 0.5) is 0 Å². The van der Waals surface area contributed by atoms with Crippen LogP contribution in [0.3, 0.4) is 0 Å². The van der Waals surface area contributed by atoms with E-state index in [0.29, 0.717) is 24.6 Å². The summed E-state index contributed by atoms with van der Waals surface area (Å²) in [6, 6.07) is 7.98. The van der Waals surface area contributed by atoms with Crippen molar-refractivity contribution < 1.29 is 13.2 Å². The zero-order chi connectivity index (χ0) is 14.6. The molecule has 0 aliphatic heterocycles. The number of nitrogens with zero attached hydrogens (tertiary/aromatic N) is 2. The average molecular weight is 294 g/mol. The van der Waals surface area contributed by atoms with Gasteiger partial charge in [-0.2, -0.15) is 9.57 Å². The first-order valence-electron chi connectivity index (χ1n) is 6.58. The summed E-state index contributed by atoms with van der Waals surface area (Å²) in [5.74, 6) is 0.671. The summed E-state index contributed by atoms with van der Waals surface area (Å²) in [5, 5.41) is 8.82. The molecule has 0 N–H and O–H groups in total. The van der Waals surface area contributed by atoms with Crippen LogP contribution in [0, 0.1) is 17.2 Å². The van der Waals surface area contributed by atoms with Gasteiger partial charge < -0.3 is 4.74 Å². The van der Waals surface area contributed by atoms with Gasteiger partial charge in [0.05, 0.1) is 23.1 Å². The maximum atomic E-state index is 12.3. The molecule has 1 aliphatic rings. The Labute approximate surface area is 119 Å². The first-order chi connectivity index (χ1) is 9.54. The second kappa shape index (κ2) is 6.35. The fourth-order valence-electron chi connectivity index (χ4n) is 1.75. The number of rotatable bonds is 7. The summed E-state index contributed by atoms with van der Waals surface area (Å²) < 4.78 is 31.3. The topological polar surface area (TPSA) is 70.4 Å². The molecule has 108 valence electrons. The molecule has 0 aromatic heterocycles. The summed E-state index contributed by atoms with van der Waals surface area (Å²) in [7, 11) is -2.03. The van der Waals surface area contributed by atoms with E-state index in [-0.39, 0.29) is 4.90 Å². The molecule has 1 saturated carbocycles. The van der Waals surface area contributed by atoms with Crippen molar-refractivity contribution in [3.05, 3.63) is 29.8 Å². The van der Waals surface area contributed by atoms with Crippen molar-refractivity contribution in [2.75, 3.05) is 26.8 Å². The molecule has 0 unspecified atom stereocenters. The fourth-order valence-corrected chi connectivity index (χ4v) is 2.96. The molecule has 0 amide bonds. The highest BCUT2D eigenvalue weighted by atomic mass is 32.2. The third-order valence-electron chi connectivity index (χ3n) is 3.27. The van der Waals surface area contributed by atoms with Crippen molar-refractivity contribution in [2.45, 2.75) is 17.7 Å². The predicted octanol–water partition coefficient (Wildman–Crippen LogP) is 1.61. The van der Waals surface area contributed by atoms with Gasteiger partial charge in [0, 0.05) is 20.2 Å². The largest absolute Gasteiger partial charge is 0.380 e. The molecule has 1 aromatic carbocycles. The Morgan fingerprint density at radius 3 is 2.85 bits per heavy atom. The molecule has 0 heterocycles. The van der Waals surface area contributed by atoms with E-state index in [1.807, 2.05) is 6.07 Å². The lowest BCUT2D eigenvalue weighted by atomic mass is 10.2. The van der Waals surface area contributed by atoms with Crippen LogP contribution in [-0.2, 0) is 14.8 Å². The van der Waals surface area contributed by atoms with E-state index in [0.717, 1.165) is 6.61 Å².